The second-order valence-electron chi connectivity index (χ2n) is 5.57. The van der Waals surface area contributed by atoms with E-state index in [4.69, 9.17) is 4.98 Å². The fraction of sp³-hybridized carbons (Fsp3) is 0.438. The van der Waals surface area contributed by atoms with Crippen molar-refractivity contribution >= 4 is 32.7 Å². The quantitative estimate of drug-likeness (QED) is 0.911. The molecule has 0 bridgehead atoms. The van der Waals surface area contributed by atoms with Crippen LogP contribution in [0.5, 0.6) is 0 Å². The van der Waals surface area contributed by atoms with Crippen molar-refractivity contribution in [2.75, 3.05) is 18.0 Å². The zero-order chi connectivity index (χ0) is 14.1. The molecular weight excluding hydrogens is 316 g/mol. The average molecular weight is 335 g/mol. The number of anilines is 1. The van der Waals surface area contributed by atoms with Crippen molar-refractivity contribution in [2.24, 2.45) is 5.92 Å². The first-order valence-electron chi connectivity index (χ1n) is 7.13. The Hall–Kier alpha value is -1.13. The third kappa shape index (κ3) is 2.67. The molecule has 2 atom stereocenters. The van der Waals surface area contributed by atoms with Gasteiger partial charge in [-0.2, -0.15) is 0 Å². The van der Waals surface area contributed by atoms with Gasteiger partial charge in [0.1, 0.15) is 5.82 Å². The third-order valence-corrected chi connectivity index (χ3v) is 4.76. The summed E-state index contributed by atoms with van der Waals surface area (Å²) in [7, 11) is 0. The van der Waals surface area contributed by atoms with Crippen LogP contribution in [0.1, 0.15) is 19.8 Å². The lowest BCUT2D eigenvalue weighted by Crippen LogP contribution is -2.39. The summed E-state index contributed by atoms with van der Waals surface area (Å²) in [5.74, 6) is 1.36. The Morgan fingerprint density at radius 1 is 1.35 bits per heavy atom. The van der Waals surface area contributed by atoms with E-state index in [1.807, 2.05) is 19.1 Å². The van der Waals surface area contributed by atoms with E-state index in [1.54, 1.807) is 0 Å². The molecule has 2 aromatic rings. The van der Waals surface area contributed by atoms with Crippen molar-refractivity contribution in [1.29, 1.82) is 0 Å². The van der Waals surface area contributed by atoms with Gasteiger partial charge in [0.05, 0.1) is 11.6 Å². The Bertz CT molecular complexity index is 614. The van der Waals surface area contributed by atoms with Crippen molar-refractivity contribution < 1.29 is 5.11 Å². The highest BCUT2D eigenvalue weighted by atomic mass is 79.9. The lowest BCUT2D eigenvalue weighted by Gasteiger charge is -2.35. The average Bonchev–Trinajstić information content (AvgIpc) is 2.47. The highest BCUT2D eigenvalue weighted by Gasteiger charge is 2.24. The summed E-state index contributed by atoms with van der Waals surface area (Å²) in [5, 5.41) is 10.9. The molecule has 3 rings (SSSR count). The van der Waals surface area contributed by atoms with Crippen LogP contribution in [0.4, 0.5) is 5.82 Å². The number of pyridine rings is 1. The molecule has 2 unspecified atom stereocenters. The van der Waals surface area contributed by atoms with Crippen LogP contribution in [-0.4, -0.2) is 29.3 Å². The molecule has 1 aliphatic heterocycles. The predicted molar refractivity (Wildman–Crippen MR) is 86.1 cm³/mol. The van der Waals surface area contributed by atoms with Gasteiger partial charge in [-0.05, 0) is 53.9 Å². The lowest BCUT2D eigenvalue weighted by atomic mass is 9.93. The minimum Gasteiger partial charge on any atom is -0.393 e. The van der Waals surface area contributed by atoms with Crippen LogP contribution in [0.2, 0.25) is 0 Å². The zero-order valence-electron chi connectivity index (χ0n) is 11.6. The molecule has 1 aromatic heterocycles. The highest BCUT2D eigenvalue weighted by molar-refractivity contribution is 9.10. The molecule has 0 aliphatic carbocycles. The summed E-state index contributed by atoms with van der Waals surface area (Å²) in [5.41, 5.74) is 1.00. The van der Waals surface area contributed by atoms with Crippen LogP contribution in [0.25, 0.3) is 10.9 Å². The molecule has 1 aliphatic rings. The number of fused-ring (bicyclic) bond motifs is 1. The Kier molecular flexibility index (Phi) is 3.94. The second kappa shape index (κ2) is 5.70. The number of aromatic nitrogens is 1. The van der Waals surface area contributed by atoms with Gasteiger partial charge in [-0.15, -0.1) is 0 Å². The smallest absolute Gasteiger partial charge is 0.129 e. The molecule has 1 saturated heterocycles. The fourth-order valence-electron chi connectivity index (χ4n) is 2.89. The van der Waals surface area contributed by atoms with Crippen molar-refractivity contribution in [3.05, 3.63) is 34.8 Å². The van der Waals surface area contributed by atoms with E-state index in [0.29, 0.717) is 5.92 Å². The van der Waals surface area contributed by atoms with Gasteiger partial charge in [0.15, 0.2) is 0 Å². The highest BCUT2D eigenvalue weighted by Crippen LogP contribution is 2.28. The summed E-state index contributed by atoms with van der Waals surface area (Å²) in [6.07, 6.45) is 1.97. The van der Waals surface area contributed by atoms with Crippen LogP contribution in [0, 0.1) is 5.92 Å². The van der Waals surface area contributed by atoms with Crippen molar-refractivity contribution in [3.63, 3.8) is 0 Å². The standard InChI is InChI=1S/C16H19BrN2O/c1-11(20)13-5-3-9-19(10-13)15-8-7-12-4-2-6-14(17)16(12)18-15/h2,4,6-8,11,13,20H,3,5,9-10H2,1H3. The normalized spacial score (nSPS) is 21.1. The van der Waals surface area contributed by atoms with E-state index in [0.717, 1.165) is 47.1 Å². The molecule has 4 heteroatoms. The predicted octanol–water partition coefficient (Wildman–Crippen LogP) is 3.59. The summed E-state index contributed by atoms with van der Waals surface area (Å²) in [4.78, 5) is 7.08. The molecule has 106 valence electrons. The molecular formula is C16H19BrN2O. The van der Waals surface area contributed by atoms with Gasteiger partial charge in [0.25, 0.3) is 0 Å². The van der Waals surface area contributed by atoms with Crippen molar-refractivity contribution in [1.82, 2.24) is 4.98 Å². The minimum atomic E-state index is -0.245. The Labute approximate surface area is 127 Å². The minimum absolute atomic E-state index is 0.245. The number of piperidine rings is 1. The van der Waals surface area contributed by atoms with Gasteiger partial charge in [-0.3, -0.25) is 0 Å². The summed E-state index contributed by atoms with van der Waals surface area (Å²) >= 11 is 3.57. The maximum Gasteiger partial charge on any atom is 0.129 e. The van der Waals surface area contributed by atoms with Gasteiger partial charge in [-0.1, -0.05) is 12.1 Å². The molecule has 0 radical (unpaired) electrons. The van der Waals surface area contributed by atoms with Crippen molar-refractivity contribution in [3.8, 4) is 0 Å². The second-order valence-corrected chi connectivity index (χ2v) is 6.42. The number of halogens is 1. The first kappa shape index (κ1) is 13.8. The van der Waals surface area contributed by atoms with E-state index in [2.05, 4.69) is 39.0 Å². The third-order valence-electron chi connectivity index (χ3n) is 4.12. The van der Waals surface area contributed by atoms with Gasteiger partial charge in [-0.25, -0.2) is 4.98 Å². The van der Waals surface area contributed by atoms with Crippen LogP contribution in [0.15, 0.2) is 34.8 Å². The van der Waals surface area contributed by atoms with Crippen LogP contribution >= 0.6 is 15.9 Å². The van der Waals surface area contributed by atoms with Crippen LogP contribution in [0.3, 0.4) is 0 Å². The number of aliphatic hydroxyl groups excluding tert-OH is 1. The van der Waals surface area contributed by atoms with E-state index < -0.39 is 0 Å². The summed E-state index contributed by atoms with van der Waals surface area (Å²) < 4.78 is 1.03. The number of hydrogen-bond donors (Lipinski definition) is 1. The first-order valence-corrected chi connectivity index (χ1v) is 7.93. The molecule has 2 heterocycles. The fourth-order valence-corrected chi connectivity index (χ4v) is 3.36. The Balaban J connectivity index is 1.92. The maximum atomic E-state index is 9.80. The van der Waals surface area contributed by atoms with Crippen molar-refractivity contribution in [2.45, 2.75) is 25.9 Å². The number of nitrogens with zero attached hydrogens (tertiary/aromatic N) is 2. The number of aliphatic hydroxyl groups is 1. The molecule has 20 heavy (non-hydrogen) atoms. The number of rotatable bonds is 2. The topological polar surface area (TPSA) is 36.4 Å². The van der Waals surface area contributed by atoms with E-state index in [-0.39, 0.29) is 6.10 Å². The maximum absolute atomic E-state index is 9.80. The molecule has 0 spiro atoms. The summed E-state index contributed by atoms with van der Waals surface area (Å²) in [6, 6.07) is 10.3. The molecule has 0 amide bonds. The summed E-state index contributed by atoms with van der Waals surface area (Å²) in [6.45, 7) is 3.80. The van der Waals surface area contributed by atoms with Gasteiger partial charge >= 0.3 is 0 Å². The molecule has 1 N–H and O–H groups in total. The van der Waals surface area contributed by atoms with Crippen LogP contribution < -0.4 is 4.90 Å². The monoisotopic (exact) mass is 334 g/mol. The Morgan fingerprint density at radius 2 is 2.20 bits per heavy atom. The van der Waals surface area contributed by atoms with E-state index in [1.165, 1.54) is 0 Å². The van der Waals surface area contributed by atoms with E-state index >= 15 is 0 Å². The lowest BCUT2D eigenvalue weighted by molar-refractivity contribution is 0.115. The molecule has 1 aromatic carbocycles. The number of benzene rings is 1. The number of hydrogen-bond acceptors (Lipinski definition) is 3. The molecule has 3 nitrogen and oxygen atoms in total. The first-order chi connectivity index (χ1) is 9.65. The molecule has 1 fully saturated rings. The van der Waals surface area contributed by atoms with Gasteiger partial charge in [0.2, 0.25) is 0 Å². The van der Waals surface area contributed by atoms with Crippen LogP contribution in [-0.2, 0) is 0 Å². The number of para-hydroxylation sites is 1. The molecule has 0 saturated carbocycles. The largest absolute Gasteiger partial charge is 0.393 e. The van der Waals surface area contributed by atoms with E-state index in [9.17, 15) is 5.11 Å². The van der Waals surface area contributed by atoms with Gasteiger partial charge < -0.3 is 10.0 Å². The Morgan fingerprint density at radius 3 is 3.00 bits per heavy atom. The zero-order valence-corrected chi connectivity index (χ0v) is 13.2. The SMILES string of the molecule is CC(O)C1CCCN(c2ccc3cccc(Br)c3n2)C1. The van der Waals surface area contributed by atoms with Gasteiger partial charge in [0, 0.05) is 28.9 Å².